The molecule has 0 radical (unpaired) electrons. The minimum Gasteiger partial charge on any atom is -0.507 e. The molecule has 1 saturated heterocycles. The molecule has 2 rings (SSSR count). The minimum atomic E-state index is -0.822. The fourth-order valence-electron chi connectivity index (χ4n) is 2.12. The monoisotopic (exact) mass is 266 g/mol. The number of cyclic esters (lactones) is 1. The summed E-state index contributed by atoms with van der Waals surface area (Å²) in [5.41, 5.74) is 0.116. The van der Waals surface area contributed by atoms with Crippen molar-refractivity contribution >= 4 is 11.8 Å². The van der Waals surface area contributed by atoms with E-state index in [1.807, 2.05) is 0 Å². The van der Waals surface area contributed by atoms with Crippen LogP contribution in [0.1, 0.15) is 35.4 Å². The van der Waals surface area contributed by atoms with Gasteiger partial charge in [0, 0.05) is 13.5 Å². The molecule has 0 aromatic heterocycles. The average molecular weight is 266 g/mol. The summed E-state index contributed by atoms with van der Waals surface area (Å²) >= 11 is 0. The Kier molecular flexibility index (Phi) is 3.44. The standard InChI is InChI=1S/C13H14O6/c1-6(14)7-3-4-8(15)11(12(7)16)9-5-10(18-2)13(17)19-9/h3-4,9-10,15-16H,5H2,1-2H3/t9-,10-/m0/s1. The summed E-state index contributed by atoms with van der Waals surface area (Å²) in [6.07, 6.45) is -1.38. The molecule has 1 heterocycles. The number of Topliss-reactive ketones (excluding diaryl/α,β-unsaturated/α-hetero) is 1. The predicted molar refractivity (Wildman–Crippen MR) is 64.0 cm³/mol. The SMILES string of the molecule is CO[C@H]1C[C@@H](c2c(O)ccc(C(C)=O)c2O)OC1=O. The molecule has 19 heavy (non-hydrogen) atoms. The first kappa shape index (κ1) is 13.4. The van der Waals surface area contributed by atoms with Crippen molar-refractivity contribution in [1.82, 2.24) is 0 Å². The predicted octanol–water partition coefficient (Wildman–Crippen LogP) is 1.30. The molecule has 1 aliphatic rings. The van der Waals surface area contributed by atoms with Crippen LogP contribution in [0.3, 0.4) is 0 Å². The maximum Gasteiger partial charge on any atom is 0.336 e. The lowest BCUT2D eigenvalue weighted by molar-refractivity contribution is -0.148. The van der Waals surface area contributed by atoms with Crippen LogP contribution >= 0.6 is 0 Å². The van der Waals surface area contributed by atoms with E-state index in [-0.39, 0.29) is 34.8 Å². The number of carbonyl (C=O) groups excluding carboxylic acids is 2. The highest BCUT2D eigenvalue weighted by molar-refractivity contribution is 5.97. The van der Waals surface area contributed by atoms with Gasteiger partial charge in [0.25, 0.3) is 0 Å². The first-order valence-electron chi connectivity index (χ1n) is 5.74. The molecule has 0 aliphatic carbocycles. The number of ether oxygens (including phenoxy) is 2. The van der Waals surface area contributed by atoms with Crippen LogP contribution in [0.2, 0.25) is 0 Å². The lowest BCUT2D eigenvalue weighted by Gasteiger charge is -2.14. The molecule has 0 spiro atoms. The molecule has 0 bridgehead atoms. The second-order valence-electron chi connectivity index (χ2n) is 4.34. The Balaban J connectivity index is 2.43. The molecular weight excluding hydrogens is 252 g/mol. The summed E-state index contributed by atoms with van der Waals surface area (Å²) in [5.74, 6) is -1.48. The second-order valence-corrected chi connectivity index (χ2v) is 4.34. The van der Waals surface area contributed by atoms with Crippen LogP contribution < -0.4 is 0 Å². The van der Waals surface area contributed by atoms with Gasteiger partial charge in [-0.25, -0.2) is 4.79 Å². The van der Waals surface area contributed by atoms with Crippen molar-refractivity contribution in [3.63, 3.8) is 0 Å². The first-order chi connectivity index (χ1) is 8.95. The van der Waals surface area contributed by atoms with Crippen molar-refractivity contribution in [2.75, 3.05) is 7.11 Å². The number of hydrogen-bond donors (Lipinski definition) is 2. The van der Waals surface area contributed by atoms with E-state index >= 15 is 0 Å². The van der Waals surface area contributed by atoms with Gasteiger partial charge in [-0.2, -0.15) is 0 Å². The highest BCUT2D eigenvalue weighted by Gasteiger charge is 2.38. The zero-order valence-electron chi connectivity index (χ0n) is 10.5. The molecule has 2 N–H and O–H groups in total. The number of phenols is 2. The van der Waals surface area contributed by atoms with E-state index in [9.17, 15) is 19.8 Å². The van der Waals surface area contributed by atoms with E-state index in [2.05, 4.69) is 0 Å². The molecule has 1 aromatic rings. The van der Waals surface area contributed by atoms with Crippen molar-refractivity contribution < 1.29 is 29.3 Å². The van der Waals surface area contributed by atoms with E-state index in [0.717, 1.165) is 0 Å². The fourth-order valence-corrected chi connectivity index (χ4v) is 2.12. The Labute approximate surface area is 109 Å². The Morgan fingerprint density at radius 2 is 2.11 bits per heavy atom. The van der Waals surface area contributed by atoms with E-state index < -0.39 is 18.2 Å². The van der Waals surface area contributed by atoms with Crippen molar-refractivity contribution in [2.24, 2.45) is 0 Å². The van der Waals surface area contributed by atoms with Gasteiger partial charge in [0.15, 0.2) is 11.9 Å². The highest BCUT2D eigenvalue weighted by atomic mass is 16.6. The summed E-state index contributed by atoms with van der Waals surface area (Å²) in [5, 5.41) is 19.8. The Bertz CT molecular complexity index is 536. The molecule has 1 aliphatic heterocycles. The third kappa shape index (κ3) is 2.26. The number of benzene rings is 1. The maximum absolute atomic E-state index is 11.5. The number of rotatable bonds is 3. The molecule has 1 aromatic carbocycles. The van der Waals surface area contributed by atoms with Crippen molar-refractivity contribution in [1.29, 1.82) is 0 Å². The third-order valence-electron chi connectivity index (χ3n) is 3.13. The molecule has 0 amide bonds. The Morgan fingerprint density at radius 1 is 1.42 bits per heavy atom. The molecule has 102 valence electrons. The smallest absolute Gasteiger partial charge is 0.336 e. The van der Waals surface area contributed by atoms with Crippen LogP contribution in [0, 0.1) is 0 Å². The summed E-state index contributed by atoms with van der Waals surface area (Å²) in [6.45, 7) is 1.30. The summed E-state index contributed by atoms with van der Waals surface area (Å²) in [7, 11) is 1.38. The highest BCUT2D eigenvalue weighted by Crippen LogP contribution is 2.42. The van der Waals surface area contributed by atoms with E-state index in [1.54, 1.807) is 0 Å². The topological polar surface area (TPSA) is 93.1 Å². The second kappa shape index (κ2) is 4.89. The molecule has 0 unspecified atom stereocenters. The minimum absolute atomic E-state index is 0.0422. The molecule has 6 heteroatoms. The van der Waals surface area contributed by atoms with E-state index in [1.165, 1.54) is 26.2 Å². The number of phenolic OH excluding ortho intramolecular Hbond substituents is 2. The van der Waals surface area contributed by atoms with Gasteiger partial charge in [-0.15, -0.1) is 0 Å². The quantitative estimate of drug-likeness (QED) is 0.632. The lowest BCUT2D eigenvalue weighted by atomic mass is 9.98. The van der Waals surface area contributed by atoms with Crippen LogP contribution in [0.15, 0.2) is 12.1 Å². The molecular formula is C13H14O6. The molecule has 1 fully saturated rings. The third-order valence-corrected chi connectivity index (χ3v) is 3.13. The Morgan fingerprint density at radius 3 is 2.63 bits per heavy atom. The number of hydrogen-bond acceptors (Lipinski definition) is 6. The van der Waals surface area contributed by atoms with Crippen molar-refractivity contribution in [3.8, 4) is 11.5 Å². The van der Waals surface area contributed by atoms with Gasteiger partial charge in [0.2, 0.25) is 0 Å². The molecule has 6 nitrogen and oxygen atoms in total. The summed E-state index contributed by atoms with van der Waals surface area (Å²) in [4.78, 5) is 22.8. The van der Waals surface area contributed by atoms with Crippen molar-refractivity contribution in [2.45, 2.75) is 25.6 Å². The number of carbonyl (C=O) groups is 2. The van der Waals surface area contributed by atoms with Gasteiger partial charge in [0.1, 0.15) is 17.6 Å². The fraction of sp³-hybridized carbons (Fsp3) is 0.385. The Hall–Kier alpha value is -2.08. The summed E-state index contributed by atoms with van der Waals surface area (Å²) < 4.78 is 9.98. The molecule has 0 saturated carbocycles. The average Bonchev–Trinajstić information content (AvgIpc) is 2.70. The number of ketones is 1. The van der Waals surface area contributed by atoms with Crippen LogP contribution in [0.5, 0.6) is 11.5 Å². The number of aromatic hydroxyl groups is 2. The van der Waals surface area contributed by atoms with Gasteiger partial charge in [-0.1, -0.05) is 0 Å². The van der Waals surface area contributed by atoms with E-state index in [0.29, 0.717) is 0 Å². The van der Waals surface area contributed by atoms with Gasteiger partial charge in [0.05, 0.1) is 11.1 Å². The van der Waals surface area contributed by atoms with Gasteiger partial charge in [-0.05, 0) is 19.1 Å². The van der Waals surface area contributed by atoms with Gasteiger partial charge >= 0.3 is 5.97 Å². The van der Waals surface area contributed by atoms with Crippen LogP contribution in [-0.4, -0.2) is 35.2 Å². The van der Waals surface area contributed by atoms with Gasteiger partial charge in [-0.3, -0.25) is 4.79 Å². The van der Waals surface area contributed by atoms with Crippen LogP contribution in [0.4, 0.5) is 0 Å². The molecule has 2 atom stereocenters. The first-order valence-corrected chi connectivity index (χ1v) is 5.74. The number of methoxy groups -OCH3 is 1. The zero-order valence-corrected chi connectivity index (χ0v) is 10.5. The maximum atomic E-state index is 11.5. The van der Waals surface area contributed by atoms with Crippen molar-refractivity contribution in [3.05, 3.63) is 23.3 Å². The largest absolute Gasteiger partial charge is 0.507 e. The zero-order chi connectivity index (χ0) is 14.2. The summed E-state index contributed by atoms with van der Waals surface area (Å²) in [6, 6.07) is 2.61. The lowest BCUT2D eigenvalue weighted by Crippen LogP contribution is -2.15. The van der Waals surface area contributed by atoms with Crippen LogP contribution in [-0.2, 0) is 14.3 Å². The van der Waals surface area contributed by atoms with E-state index in [4.69, 9.17) is 9.47 Å². The normalized spacial score (nSPS) is 22.3. The van der Waals surface area contributed by atoms with Crippen LogP contribution in [0.25, 0.3) is 0 Å². The number of esters is 1. The van der Waals surface area contributed by atoms with Gasteiger partial charge < -0.3 is 19.7 Å².